The van der Waals surface area contributed by atoms with Gasteiger partial charge in [0.2, 0.25) is 23.8 Å². The van der Waals surface area contributed by atoms with Crippen LogP contribution in [-0.4, -0.2) is 80.7 Å². The van der Waals surface area contributed by atoms with Crippen molar-refractivity contribution < 1.29 is 32.3 Å². The largest absolute Gasteiger partial charge is 0.449 e. The lowest BCUT2D eigenvalue weighted by atomic mass is 9.98. The lowest BCUT2D eigenvalue weighted by Crippen LogP contribution is -2.52. The molecule has 6 aromatic rings. The minimum absolute atomic E-state index is 0.00215. The van der Waals surface area contributed by atoms with Crippen molar-refractivity contribution in [3.8, 4) is 11.1 Å². The van der Waals surface area contributed by atoms with E-state index in [0.29, 0.717) is 22.5 Å². The predicted octanol–water partition coefficient (Wildman–Crippen LogP) is 5.94. The van der Waals surface area contributed by atoms with Crippen LogP contribution >= 0.6 is 11.3 Å². The predicted molar refractivity (Wildman–Crippen MR) is 248 cm³/mol. The van der Waals surface area contributed by atoms with E-state index < -0.39 is 52.5 Å². The van der Waals surface area contributed by atoms with Crippen molar-refractivity contribution in [1.29, 1.82) is 0 Å². The summed E-state index contributed by atoms with van der Waals surface area (Å²) in [6, 6.07) is 37.2. The second-order valence-electron chi connectivity index (χ2n) is 15.3. The van der Waals surface area contributed by atoms with Gasteiger partial charge in [0.1, 0.15) is 13.2 Å². The van der Waals surface area contributed by atoms with Crippen LogP contribution in [0.3, 0.4) is 0 Å². The molecule has 1 unspecified atom stereocenters. The number of hydrogen-bond acceptors (Lipinski definition) is 11. The summed E-state index contributed by atoms with van der Waals surface area (Å²) < 4.78 is 33.7. The van der Waals surface area contributed by atoms with Crippen LogP contribution in [0.25, 0.3) is 11.1 Å². The first kappa shape index (κ1) is 44.1. The summed E-state index contributed by atoms with van der Waals surface area (Å²) in [6.45, 7) is 1.30. The molecule has 0 spiro atoms. The van der Waals surface area contributed by atoms with Crippen LogP contribution in [0.15, 0.2) is 154 Å². The molecule has 2 aliphatic rings. The van der Waals surface area contributed by atoms with E-state index in [1.807, 2.05) is 85.8 Å². The summed E-state index contributed by atoms with van der Waals surface area (Å²) in [5.41, 5.74) is 12.9. The summed E-state index contributed by atoms with van der Waals surface area (Å²) in [5.74, 6) is -2.42. The second kappa shape index (κ2) is 19.5. The number of rotatable bonds is 15. The van der Waals surface area contributed by atoms with E-state index in [4.69, 9.17) is 15.5 Å². The maximum Gasteiger partial charge on any atom is 0.409 e. The van der Waals surface area contributed by atoms with Gasteiger partial charge in [0.25, 0.3) is 15.9 Å². The summed E-state index contributed by atoms with van der Waals surface area (Å²) in [6.07, 6.45) is -0.634. The van der Waals surface area contributed by atoms with Gasteiger partial charge >= 0.3 is 6.09 Å². The molecule has 330 valence electrons. The van der Waals surface area contributed by atoms with Crippen molar-refractivity contribution in [2.45, 2.75) is 42.8 Å². The number of sulfonamides is 1. The Morgan fingerprint density at radius 3 is 2.18 bits per heavy atom. The van der Waals surface area contributed by atoms with Crippen molar-refractivity contribution in [3.05, 3.63) is 172 Å². The number of anilines is 1. The van der Waals surface area contributed by atoms with Crippen LogP contribution in [0.4, 0.5) is 10.5 Å². The van der Waals surface area contributed by atoms with E-state index >= 15 is 0 Å². The molecule has 0 bridgehead atoms. The molecule has 1 aliphatic heterocycles. The maximum atomic E-state index is 14.6. The first-order chi connectivity index (χ1) is 31.5. The highest BCUT2D eigenvalue weighted by molar-refractivity contribution is 7.90. The molecule has 17 heteroatoms. The molecule has 1 aliphatic carbocycles. The summed E-state index contributed by atoms with van der Waals surface area (Å²) in [7, 11) is -3.98. The molecule has 8 rings (SSSR count). The van der Waals surface area contributed by atoms with Crippen molar-refractivity contribution in [1.82, 2.24) is 20.3 Å². The minimum Gasteiger partial charge on any atom is -0.449 e. The van der Waals surface area contributed by atoms with Gasteiger partial charge in [-0.15, -0.1) is 11.3 Å². The highest BCUT2D eigenvalue weighted by atomic mass is 32.2. The number of benzene rings is 5. The van der Waals surface area contributed by atoms with Crippen molar-refractivity contribution in [3.63, 3.8) is 0 Å². The zero-order chi connectivity index (χ0) is 45.5. The number of benzodiazepines with no additional fused rings is 1. The molecule has 15 nitrogen and oxygen atoms in total. The number of carbonyl (C=O) groups excluding carboxylic acids is 4. The van der Waals surface area contributed by atoms with Gasteiger partial charge in [-0.2, -0.15) is 0 Å². The Hall–Kier alpha value is -7.50. The normalized spacial score (nSPS) is 15.1. The Kier molecular flexibility index (Phi) is 13.2. The molecule has 2 heterocycles. The topological polar surface area (TPSA) is 215 Å². The molecule has 5 aromatic carbocycles. The summed E-state index contributed by atoms with van der Waals surface area (Å²) in [5, 5.41) is 7.25. The number of hydrogen-bond donors (Lipinski definition) is 4. The number of ketones is 1. The SMILES string of the molecule is Cc1ccc(S(=O)(=O)NC(N)=NCCC[C@@H](NC(=O)CN2C(=O)C(NC(=O)OCC3c4ccccc4-c4ccccc43)N=C(c3ccccc3)c3ccccc32)C(=O)c2nccs2)cc1. The molecule has 0 fully saturated rings. The number of aryl methyl sites for hydroxylation is 1. The molecule has 5 N–H and O–H groups in total. The number of para-hydroxylation sites is 1. The smallest absolute Gasteiger partial charge is 0.409 e. The molecule has 0 saturated heterocycles. The van der Waals surface area contributed by atoms with Crippen LogP contribution in [0.1, 0.15) is 56.4 Å². The number of amides is 3. The van der Waals surface area contributed by atoms with Crippen LogP contribution in [0, 0.1) is 6.92 Å². The van der Waals surface area contributed by atoms with E-state index in [2.05, 4.69) is 25.3 Å². The highest BCUT2D eigenvalue weighted by Gasteiger charge is 2.36. The van der Waals surface area contributed by atoms with Crippen LogP contribution in [0.5, 0.6) is 0 Å². The van der Waals surface area contributed by atoms with E-state index in [1.54, 1.807) is 41.8 Å². The number of Topliss-reactive ketones (excluding diaryl/α,β-unsaturated/α-hetero) is 1. The number of nitrogens with one attached hydrogen (secondary N) is 3. The first-order valence-corrected chi connectivity index (χ1v) is 23.1. The summed E-state index contributed by atoms with van der Waals surface area (Å²) in [4.78, 5) is 70.5. The number of thiazole rings is 1. The quantitative estimate of drug-likeness (QED) is 0.0415. The number of aromatic nitrogens is 1. The number of guanidine groups is 1. The van der Waals surface area contributed by atoms with E-state index in [9.17, 15) is 27.6 Å². The Bertz CT molecular complexity index is 2860. The second-order valence-corrected chi connectivity index (χ2v) is 17.9. The number of nitrogens with zero attached hydrogens (tertiary/aromatic N) is 4. The van der Waals surface area contributed by atoms with E-state index in [-0.39, 0.29) is 47.8 Å². The van der Waals surface area contributed by atoms with Crippen LogP contribution in [-0.2, 0) is 24.3 Å². The molecule has 0 saturated carbocycles. The van der Waals surface area contributed by atoms with Crippen LogP contribution < -0.4 is 26.0 Å². The van der Waals surface area contributed by atoms with Crippen molar-refractivity contribution in [2.24, 2.45) is 15.7 Å². The number of nitrogens with two attached hydrogens (primary N) is 1. The molecule has 2 atom stereocenters. The lowest BCUT2D eigenvalue weighted by molar-refractivity contribution is -0.124. The third-order valence-corrected chi connectivity index (χ3v) is 13.1. The lowest BCUT2D eigenvalue weighted by Gasteiger charge is -2.26. The Morgan fingerprint density at radius 2 is 1.51 bits per heavy atom. The average molecular weight is 909 g/mol. The van der Waals surface area contributed by atoms with Gasteiger partial charge in [-0.25, -0.2) is 27.9 Å². The minimum atomic E-state index is -3.98. The molecular formula is C48H44N8O7S2. The monoisotopic (exact) mass is 908 g/mol. The molecule has 3 amide bonds. The number of aliphatic imine (C=N–C) groups is 2. The van der Waals surface area contributed by atoms with Gasteiger partial charge in [-0.1, -0.05) is 115 Å². The Morgan fingerprint density at radius 1 is 0.862 bits per heavy atom. The number of ether oxygens (including phenoxy) is 1. The zero-order valence-corrected chi connectivity index (χ0v) is 36.7. The van der Waals surface area contributed by atoms with E-state index in [0.717, 1.165) is 39.2 Å². The first-order valence-electron chi connectivity index (χ1n) is 20.7. The standard InChI is InChI=1S/C48H44N8O7S2/c1-30-21-23-32(24-22-30)65(61,62)55-47(49)51-25-11-19-39(43(58)45-50-26-27-64-45)52-41(57)28-56-40-20-10-9-18-37(40)42(31-12-3-2-4-13-31)53-44(46(56)59)54-48(60)63-29-38-35-16-7-5-14-33(35)34-15-6-8-17-36(34)38/h2-10,12-18,20-24,26-27,38-39,44H,11,19,25,28-29H2,1H3,(H,52,57)(H,54,60)(H3,49,51,55)/t39-,44?/m1/s1. The molecule has 65 heavy (non-hydrogen) atoms. The molecular weight excluding hydrogens is 865 g/mol. The van der Waals surface area contributed by atoms with Gasteiger partial charge in [-0.05, 0) is 60.2 Å². The Labute approximate surface area is 379 Å². The average Bonchev–Trinajstić information content (AvgIpc) is 3.95. The highest BCUT2D eigenvalue weighted by Crippen LogP contribution is 2.44. The summed E-state index contributed by atoms with van der Waals surface area (Å²) >= 11 is 1.11. The Balaban J connectivity index is 0.996. The number of carbonyl (C=O) groups is 4. The van der Waals surface area contributed by atoms with Gasteiger partial charge in [-0.3, -0.25) is 29.6 Å². The van der Waals surface area contributed by atoms with Crippen molar-refractivity contribution in [2.75, 3.05) is 24.6 Å². The van der Waals surface area contributed by atoms with Crippen molar-refractivity contribution >= 4 is 62.4 Å². The van der Waals surface area contributed by atoms with E-state index in [1.165, 1.54) is 23.2 Å². The van der Waals surface area contributed by atoms with Gasteiger partial charge in [0.05, 0.1) is 22.3 Å². The third-order valence-electron chi connectivity index (χ3n) is 11.0. The maximum absolute atomic E-state index is 14.6. The third kappa shape index (κ3) is 10.0. The fourth-order valence-corrected chi connectivity index (χ4v) is 9.43. The van der Waals surface area contributed by atoms with Crippen LogP contribution in [0.2, 0.25) is 0 Å². The zero-order valence-electron chi connectivity index (χ0n) is 35.1. The fourth-order valence-electron chi connectivity index (χ4n) is 7.85. The van der Waals surface area contributed by atoms with Gasteiger partial charge in [0.15, 0.2) is 5.01 Å². The number of alkyl carbamates (subject to hydrolysis) is 1. The molecule has 0 radical (unpaired) electrons. The van der Waals surface area contributed by atoms with Gasteiger partial charge in [0, 0.05) is 35.2 Å². The fraction of sp³-hybridized carbons (Fsp3) is 0.188. The van der Waals surface area contributed by atoms with Gasteiger partial charge < -0.3 is 15.8 Å². The molecule has 1 aromatic heterocycles. The number of fused-ring (bicyclic) bond motifs is 4.